The molecule has 0 bridgehead atoms. The highest BCUT2D eigenvalue weighted by molar-refractivity contribution is 8.60. The molecule has 35 heavy (non-hydrogen) atoms. The molecule has 0 N–H and O–H groups in total. The van der Waals surface area contributed by atoms with Gasteiger partial charge < -0.3 is 0 Å². The van der Waals surface area contributed by atoms with Crippen molar-refractivity contribution in [2.45, 2.75) is 116 Å². The summed E-state index contributed by atoms with van der Waals surface area (Å²) >= 11 is 18.1. The summed E-state index contributed by atoms with van der Waals surface area (Å²) in [5.41, 5.74) is 0. The summed E-state index contributed by atoms with van der Waals surface area (Å²) in [5.74, 6) is 3.85. The van der Waals surface area contributed by atoms with Crippen LogP contribution in [-0.4, -0.2) is 23.7 Å². The highest BCUT2D eigenvalue weighted by atomic mass is 32.3. The molecule has 6 unspecified atom stereocenters. The van der Waals surface area contributed by atoms with Gasteiger partial charge in [-0.05, 0) is 62.2 Å². The van der Waals surface area contributed by atoms with Gasteiger partial charge in [-0.1, -0.05) is 100 Å². The van der Waals surface area contributed by atoms with Crippen LogP contribution in [0.15, 0.2) is 16.9 Å². The molecule has 0 aromatic heterocycles. The van der Waals surface area contributed by atoms with Crippen molar-refractivity contribution in [3.8, 4) is 0 Å². The number of rotatable bonds is 6. The summed E-state index contributed by atoms with van der Waals surface area (Å²) in [7, 11) is 0. The maximum Gasteiger partial charge on any atom is 0.173 e. The molecule has 6 aliphatic rings. The van der Waals surface area contributed by atoms with Crippen molar-refractivity contribution in [2.75, 3.05) is 0 Å². The first-order valence-corrected chi connectivity index (χ1v) is 20.7. The van der Waals surface area contributed by atoms with Crippen molar-refractivity contribution in [1.29, 1.82) is 0 Å². The Bertz CT molecular complexity index is 789. The summed E-state index contributed by atoms with van der Waals surface area (Å²) in [6, 6.07) is 0. The summed E-state index contributed by atoms with van der Waals surface area (Å²) in [5, 5.41) is 3.43. The van der Waals surface area contributed by atoms with E-state index in [1.165, 1.54) is 64.2 Å². The second-order valence-electron chi connectivity index (χ2n) is 11.0. The molecule has 0 aromatic rings. The SMILES string of the molecule is CCC(CC)C1CCC2SC3=C(SC2C1)SC1(S3)SC2=C(SC3CC(C(CC)CC)CCC3S2)S1. The number of hydrogen-bond acceptors (Lipinski definition) is 8. The zero-order valence-electron chi connectivity index (χ0n) is 21.5. The fourth-order valence-corrected chi connectivity index (χ4v) is 24.6. The van der Waals surface area contributed by atoms with Crippen molar-refractivity contribution >= 4 is 94.1 Å². The molecule has 0 saturated heterocycles. The lowest BCUT2D eigenvalue weighted by Gasteiger charge is -2.40. The summed E-state index contributed by atoms with van der Waals surface area (Å²) in [6.45, 7) is 9.66. The molecule has 0 radical (unpaired) electrons. The van der Waals surface area contributed by atoms with Gasteiger partial charge >= 0.3 is 0 Å². The zero-order valence-corrected chi connectivity index (χ0v) is 28.0. The Morgan fingerprint density at radius 3 is 1.23 bits per heavy atom. The van der Waals surface area contributed by atoms with E-state index < -0.39 is 0 Å². The Kier molecular flexibility index (Phi) is 9.13. The Balaban J connectivity index is 1.09. The first-order valence-electron chi connectivity index (χ1n) is 14.0. The van der Waals surface area contributed by atoms with Gasteiger partial charge in [0.25, 0.3) is 0 Å². The third kappa shape index (κ3) is 5.47. The number of hydrogen-bond donors (Lipinski definition) is 0. The van der Waals surface area contributed by atoms with Gasteiger partial charge in [-0.3, -0.25) is 0 Å². The monoisotopic (exact) mass is 620 g/mol. The molecule has 2 saturated carbocycles. The standard InChI is InChI=1S/C27H40S8/c1-5-15(6-2)17-9-11-19-21(13-17)30-25-23(28-19)32-27(34-25)33-24-26(35-27)31-22-14-18(16(7-3)8-4)10-12-20(22)29-24/h15-22H,5-14H2,1-4H3. The van der Waals surface area contributed by atoms with Crippen molar-refractivity contribution in [1.82, 2.24) is 0 Å². The Morgan fingerprint density at radius 1 is 0.543 bits per heavy atom. The maximum absolute atomic E-state index is 2.42. The molecule has 0 amide bonds. The van der Waals surface area contributed by atoms with Crippen LogP contribution in [0.25, 0.3) is 0 Å². The zero-order chi connectivity index (χ0) is 24.2. The molecule has 6 atom stereocenters. The topological polar surface area (TPSA) is 0 Å². The highest BCUT2D eigenvalue weighted by Crippen LogP contribution is 2.80. The molecule has 1 spiro atoms. The minimum atomic E-state index is 0.236. The fourth-order valence-electron chi connectivity index (χ4n) is 7.13. The Hall–Kier alpha value is 2.28. The van der Waals surface area contributed by atoms with Gasteiger partial charge in [0.1, 0.15) is 0 Å². The molecule has 0 aromatic carbocycles. The van der Waals surface area contributed by atoms with Crippen LogP contribution in [0.4, 0.5) is 0 Å². The van der Waals surface area contributed by atoms with E-state index in [1.54, 1.807) is 16.9 Å². The summed E-state index contributed by atoms with van der Waals surface area (Å²) < 4.78 is 6.98. The number of thioether (sulfide) groups is 8. The highest BCUT2D eigenvalue weighted by Gasteiger charge is 2.54. The van der Waals surface area contributed by atoms with Gasteiger partial charge in [0, 0.05) is 21.0 Å². The van der Waals surface area contributed by atoms with Crippen LogP contribution in [0.5, 0.6) is 0 Å². The largest absolute Gasteiger partial charge is 0.173 e. The van der Waals surface area contributed by atoms with Gasteiger partial charge in [0.2, 0.25) is 0 Å². The Morgan fingerprint density at radius 2 is 0.886 bits per heavy atom. The van der Waals surface area contributed by atoms with Gasteiger partial charge in [-0.15, -0.1) is 47.0 Å². The maximum atomic E-state index is 2.42. The Labute approximate surface area is 248 Å². The van der Waals surface area contributed by atoms with Gasteiger partial charge in [0.05, 0.1) is 16.9 Å². The van der Waals surface area contributed by atoms with E-state index in [0.29, 0.717) is 0 Å². The molecule has 0 nitrogen and oxygen atoms in total. The van der Waals surface area contributed by atoms with E-state index in [2.05, 4.69) is 122 Å². The van der Waals surface area contributed by atoms with E-state index in [0.717, 1.165) is 44.7 Å². The van der Waals surface area contributed by atoms with Gasteiger partial charge in [-0.25, -0.2) is 0 Å². The van der Waals surface area contributed by atoms with Crippen LogP contribution < -0.4 is 0 Å². The smallest absolute Gasteiger partial charge is 0.113 e. The van der Waals surface area contributed by atoms with Gasteiger partial charge in [0.15, 0.2) is 2.74 Å². The van der Waals surface area contributed by atoms with Crippen LogP contribution in [0.2, 0.25) is 0 Å². The average Bonchev–Trinajstić information content (AvgIpc) is 3.38. The third-order valence-corrected chi connectivity index (χ3v) is 23.4. The molecule has 196 valence electrons. The first-order chi connectivity index (χ1) is 17.0. The predicted molar refractivity (Wildman–Crippen MR) is 175 cm³/mol. The minimum Gasteiger partial charge on any atom is -0.113 e. The quantitative estimate of drug-likeness (QED) is 0.284. The lowest BCUT2D eigenvalue weighted by atomic mass is 9.77. The van der Waals surface area contributed by atoms with Crippen molar-refractivity contribution in [3.05, 3.63) is 16.9 Å². The van der Waals surface area contributed by atoms with Crippen LogP contribution in [0, 0.1) is 23.7 Å². The molecule has 2 aliphatic carbocycles. The average molecular weight is 621 g/mol. The van der Waals surface area contributed by atoms with E-state index in [1.807, 2.05) is 0 Å². The fraction of sp³-hybridized carbons (Fsp3) is 0.852. The van der Waals surface area contributed by atoms with E-state index in [-0.39, 0.29) is 2.74 Å². The molecular weight excluding hydrogens is 581 g/mol. The molecular formula is C27H40S8. The van der Waals surface area contributed by atoms with Crippen LogP contribution >= 0.6 is 94.1 Å². The van der Waals surface area contributed by atoms with Crippen LogP contribution in [0.1, 0.15) is 91.9 Å². The van der Waals surface area contributed by atoms with Crippen LogP contribution in [-0.2, 0) is 0 Å². The van der Waals surface area contributed by atoms with E-state index in [4.69, 9.17) is 0 Å². The summed E-state index contributed by atoms with van der Waals surface area (Å²) in [4.78, 5) is 0. The van der Waals surface area contributed by atoms with Crippen molar-refractivity contribution in [3.63, 3.8) is 0 Å². The third-order valence-electron chi connectivity index (χ3n) is 9.21. The second-order valence-corrected chi connectivity index (χ2v) is 23.5. The van der Waals surface area contributed by atoms with Crippen molar-refractivity contribution in [2.24, 2.45) is 23.7 Å². The summed E-state index contributed by atoms with van der Waals surface area (Å²) in [6.07, 6.45) is 14.3. The molecule has 4 aliphatic heterocycles. The lowest BCUT2D eigenvalue weighted by Crippen LogP contribution is -2.33. The lowest BCUT2D eigenvalue weighted by molar-refractivity contribution is 0.244. The normalized spacial score (nSPS) is 41.0. The predicted octanol–water partition coefficient (Wildman–Crippen LogP) is 11.7. The van der Waals surface area contributed by atoms with Crippen LogP contribution in [0.3, 0.4) is 0 Å². The molecule has 8 heteroatoms. The first kappa shape index (κ1) is 27.4. The second kappa shape index (κ2) is 11.6. The molecule has 4 heterocycles. The van der Waals surface area contributed by atoms with E-state index in [9.17, 15) is 0 Å². The molecule has 6 rings (SSSR count). The van der Waals surface area contributed by atoms with E-state index >= 15 is 0 Å². The number of fused-ring (bicyclic) bond motifs is 2. The minimum absolute atomic E-state index is 0.236. The molecule has 2 fully saturated rings. The van der Waals surface area contributed by atoms with Crippen molar-refractivity contribution < 1.29 is 0 Å². The van der Waals surface area contributed by atoms with Gasteiger partial charge in [-0.2, -0.15) is 0 Å².